The minimum absolute atomic E-state index is 0. The van der Waals surface area contributed by atoms with Gasteiger partial charge in [0.1, 0.15) is 0 Å². The van der Waals surface area contributed by atoms with Gasteiger partial charge in [0.15, 0.2) is 0 Å². The molecule has 29 heavy (non-hydrogen) atoms. The third kappa shape index (κ3) is 4.59. The van der Waals surface area contributed by atoms with Gasteiger partial charge in [-0.05, 0) is 0 Å². The van der Waals surface area contributed by atoms with Crippen molar-refractivity contribution in [1.29, 1.82) is 0 Å². The molecule has 0 amide bonds. The summed E-state index contributed by atoms with van der Waals surface area (Å²) < 4.78 is 3.91. The van der Waals surface area contributed by atoms with E-state index in [1.807, 2.05) is 18.1 Å². The molecule has 0 aromatic carbocycles. The molecule has 0 aromatic rings. The summed E-state index contributed by atoms with van der Waals surface area (Å²) in [6.07, 6.45) is 13.9. The Hall–Kier alpha value is 0.688. The van der Waals surface area contributed by atoms with Gasteiger partial charge in [-0.3, -0.25) is 0 Å². The summed E-state index contributed by atoms with van der Waals surface area (Å²) in [4.78, 5) is 0. The van der Waals surface area contributed by atoms with E-state index in [0.29, 0.717) is 0 Å². The van der Waals surface area contributed by atoms with Crippen molar-refractivity contribution in [2.75, 3.05) is 0 Å². The van der Waals surface area contributed by atoms with Crippen LogP contribution in [0.15, 0.2) is 41.4 Å². The van der Waals surface area contributed by atoms with Crippen LogP contribution < -0.4 is 24.8 Å². The van der Waals surface area contributed by atoms with Gasteiger partial charge in [0.2, 0.25) is 0 Å². The third-order valence-corrected chi connectivity index (χ3v) is 23.2. The fourth-order valence-corrected chi connectivity index (χ4v) is 20.9. The van der Waals surface area contributed by atoms with Gasteiger partial charge in [-0.25, -0.2) is 0 Å². The Labute approximate surface area is 202 Å². The van der Waals surface area contributed by atoms with Gasteiger partial charge in [-0.2, -0.15) is 0 Å². The summed E-state index contributed by atoms with van der Waals surface area (Å²) in [7, 11) is -2.16. The first-order chi connectivity index (χ1) is 13.1. The molecule has 0 nitrogen and oxygen atoms in total. The second-order valence-electron chi connectivity index (χ2n) is 9.85. The summed E-state index contributed by atoms with van der Waals surface area (Å²) in [5, 5.41) is 3.97. The van der Waals surface area contributed by atoms with Crippen LogP contribution in [0, 0.1) is 0 Å². The predicted octanol–water partition coefficient (Wildman–Crippen LogP) is 1.89. The maximum atomic E-state index is 2.73. The molecule has 0 bridgehead atoms. The molecule has 0 saturated carbocycles. The molecule has 2 fully saturated rings. The number of allylic oxidation sites excluding steroid dienone is 8. The normalized spacial score (nSPS) is 24.0. The van der Waals surface area contributed by atoms with E-state index < -0.39 is 16.1 Å². The van der Waals surface area contributed by atoms with Crippen LogP contribution in [0.2, 0.25) is 36.3 Å². The molecule has 0 aromatic heterocycles. The van der Waals surface area contributed by atoms with Crippen LogP contribution in [0.1, 0.15) is 66.2 Å². The largest absolute Gasteiger partial charge is 1.00 e. The van der Waals surface area contributed by atoms with Crippen LogP contribution in [-0.2, 0) is 19.2 Å². The Morgan fingerprint density at radius 1 is 0.724 bits per heavy atom. The summed E-state index contributed by atoms with van der Waals surface area (Å²) in [6, 6.07) is 9.54. The van der Waals surface area contributed by atoms with E-state index in [-0.39, 0.29) is 44.0 Å². The van der Waals surface area contributed by atoms with Gasteiger partial charge in [-0.15, -0.1) is 0 Å². The molecule has 0 atom stereocenters. The Morgan fingerprint density at radius 3 is 1.38 bits per heavy atom. The fourth-order valence-electron chi connectivity index (χ4n) is 6.29. The first-order valence-corrected chi connectivity index (χ1v) is 18.4. The Bertz CT molecular complexity index is 678. The van der Waals surface area contributed by atoms with E-state index in [1.165, 1.54) is 38.5 Å². The van der Waals surface area contributed by atoms with E-state index >= 15 is 0 Å². The van der Waals surface area contributed by atoms with Gasteiger partial charge in [-0.1, -0.05) is 0 Å². The maximum Gasteiger partial charge on any atom is -1.00 e. The number of hydrogen-bond acceptors (Lipinski definition) is 0. The van der Waals surface area contributed by atoms with Crippen molar-refractivity contribution in [3.05, 3.63) is 41.4 Å². The zero-order valence-electron chi connectivity index (χ0n) is 18.9. The third-order valence-electron chi connectivity index (χ3n) is 8.09. The second kappa shape index (κ2) is 10.5. The summed E-state index contributed by atoms with van der Waals surface area (Å²) in [5.74, 6) is 0. The van der Waals surface area contributed by atoms with Crippen molar-refractivity contribution in [3.8, 4) is 0 Å². The SMILES string of the molecule is CCC[Si]1(C2=CCC(C)=[C]2[Ti+2][C]2=C(C)CC=C2[Si]2(CCC)CCC2)CCC1.[Cl-].[Cl-]. The van der Waals surface area contributed by atoms with Gasteiger partial charge >= 0.3 is 179 Å². The van der Waals surface area contributed by atoms with E-state index in [4.69, 9.17) is 0 Å². The topological polar surface area (TPSA) is 0 Å². The summed E-state index contributed by atoms with van der Waals surface area (Å²) in [6.45, 7) is 9.81. The molecule has 0 unspecified atom stereocenters. The zero-order chi connectivity index (χ0) is 19.1. The molecule has 2 heterocycles. The second-order valence-corrected chi connectivity index (χ2v) is 21.0. The smallest absolute Gasteiger partial charge is 1.00 e. The molecule has 0 radical (unpaired) electrons. The molecule has 0 spiro atoms. The molecule has 4 rings (SSSR count). The van der Waals surface area contributed by atoms with E-state index in [9.17, 15) is 0 Å². The molecule has 2 aliphatic heterocycles. The average molecular weight is 502 g/mol. The van der Waals surface area contributed by atoms with Crippen molar-refractivity contribution < 1.29 is 44.0 Å². The standard InChI is InChI=1S/2C12H19Si.2ClH.Ti/c2*1-3-7-13(8-4-9-13)12-6-5-11(2)10-12;;;/h2*6H,3-5,7-9H2,1-2H3;2*1H;/q;;;;+2/p-2. The van der Waals surface area contributed by atoms with E-state index in [1.54, 1.807) is 47.4 Å². The van der Waals surface area contributed by atoms with Gasteiger partial charge in [0.05, 0.1) is 0 Å². The van der Waals surface area contributed by atoms with Crippen molar-refractivity contribution in [1.82, 2.24) is 0 Å². The molecular weight excluding hydrogens is 463 g/mol. The molecular formula is C24H38Cl2Si2Ti. The predicted molar refractivity (Wildman–Crippen MR) is 121 cm³/mol. The number of halogens is 2. The molecule has 2 saturated heterocycles. The van der Waals surface area contributed by atoms with Crippen LogP contribution in [0.4, 0.5) is 0 Å². The molecule has 160 valence electrons. The van der Waals surface area contributed by atoms with Crippen LogP contribution in [-0.4, -0.2) is 16.1 Å². The number of rotatable bonds is 8. The van der Waals surface area contributed by atoms with Crippen LogP contribution in [0.3, 0.4) is 0 Å². The minimum atomic E-state index is -1.08. The summed E-state index contributed by atoms with van der Waals surface area (Å²) >= 11 is -0.120. The number of hydrogen-bond donors (Lipinski definition) is 0. The Kier molecular flexibility index (Phi) is 9.43. The van der Waals surface area contributed by atoms with Crippen molar-refractivity contribution in [2.24, 2.45) is 0 Å². The van der Waals surface area contributed by atoms with Crippen molar-refractivity contribution >= 4 is 16.1 Å². The Balaban J connectivity index is 0.00000150. The van der Waals surface area contributed by atoms with Crippen molar-refractivity contribution in [3.63, 3.8) is 0 Å². The molecule has 2 aliphatic carbocycles. The van der Waals surface area contributed by atoms with Gasteiger partial charge in [0, 0.05) is 0 Å². The molecule has 5 heteroatoms. The van der Waals surface area contributed by atoms with Crippen LogP contribution in [0.25, 0.3) is 0 Å². The minimum Gasteiger partial charge on any atom is -1.00 e. The van der Waals surface area contributed by atoms with Crippen LogP contribution >= 0.6 is 0 Å². The van der Waals surface area contributed by atoms with Crippen molar-refractivity contribution in [2.45, 2.75) is 102 Å². The van der Waals surface area contributed by atoms with Gasteiger partial charge < -0.3 is 24.8 Å². The maximum absolute atomic E-state index is 2.73. The monoisotopic (exact) mass is 500 g/mol. The molecule has 4 aliphatic rings. The fraction of sp³-hybridized carbons (Fsp3) is 0.667. The van der Waals surface area contributed by atoms with Crippen LogP contribution in [0.5, 0.6) is 0 Å². The van der Waals surface area contributed by atoms with E-state index in [0.717, 1.165) is 0 Å². The Morgan fingerprint density at radius 2 is 1.10 bits per heavy atom. The first kappa shape index (κ1) is 25.9. The summed E-state index contributed by atoms with van der Waals surface area (Å²) in [5.41, 5.74) is 3.54. The zero-order valence-corrected chi connectivity index (χ0v) is 24.0. The molecule has 0 N–H and O–H groups in total. The average Bonchev–Trinajstić information content (AvgIpc) is 3.12. The van der Waals surface area contributed by atoms with E-state index in [2.05, 4.69) is 39.8 Å². The first-order valence-electron chi connectivity index (χ1n) is 11.6. The van der Waals surface area contributed by atoms with Gasteiger partial charge in [0.25, 0.3) is 0 Å². The quantitative estimate of drug-likeness (QED) is 0.446.